The number of nitrogens with one attached hydrogen (secondary N) is 1. The minimum absolute atomic E-state index is 0.00195. The molecule has 1 saturated heterocycles. The van der Waals surface area contributed by atoms with Crippen molar-refractivity contribution >= 4 is 28.7 Å². The van der Waals surface area contributed by atoms with Gasteiger partial charge in [0.25, 0.3) is 5.91 Å². The van der Waals surface area contributed by atoms with Crippen LogP contribution in [-0.4, -0.2) is 68.9 Å². The minimum Gasteiger partial charge on any atom is -0.383 e. The maximum atomic E-state index is 15.3. The highest BCUT2D eigenvalue weighted by Gasteiger charge is 2.38. The van der Waals surface area contributed by atoms with E-state index in [0.717, 1.165) is 12.8 Å². The van der Waals surface area contributed by atoms with Crippen LogP contribution in [0, 0.1) is 29.4 Å². The molecule has 1 aliphatic carbocycles. The summed E-state index contributed by atoms with van der Waals surface area (Å²) in [6, 6.07) is 0.627. The van der Waals surface area contributed by atoms with Crippen LogP contribution < -0.4 is 11.1 Å². The highest BCUT2D eigenvalue weighted by molar-refractivity contribution is 6.00. The monoisotopic (exact) mass is 551 g/mol. The van der Waals surface area contributed by atoms with Gasteiger partial charge in [0.05, 0.1) is 36.1 Å². The summed E-state index contributed by atoms with van der Waals surface area (Å²) in [7, 11) is 1.56. The third kappa shape index (κ3) is 5.04. The lowest BCUT2D eigenvalue weighted by Crippen LogP contribution is -2.37. The second-order valence-electron chi connectivity index (χ2n) is 10.1. The standard InChI is InChI=1S/C28H31F2N7O3/c1-4-23(38)36-13-17(10-18(36)14-40-3)37-28(32-12-16-6-7-16)24(27(31)39)21(34-37)9-8-19-20(29)11-22-26(25(19)30)33-15-35(22)5-2/h4,11,15-18,32H,1,5-7,10,12-14H2,2-3H3,(H2,31,39)/t17?,18-/m1/s1. The van der Waals surface area contributed by atoms with Gasteiger partial charge >= 0.3 is 0 Å². The van der Waals surface area contributed by atoms with Crippen molar-refractivity contribution in [3.05, 3.63) is 53.5 Å². The number of methoxy groups -OCH3 is 1. The van der Waals surface area contributed by atoms with Crippen molar-refractivity contribution in [2.45, 2.75) is 44.8 Å². The number of imidazole rings is 1. The van der Waals surface area contributed by atoms with Gasteiger partial charge < -0.3 is 25.3 Å². The van der Waals surface area contributed by atoms with Crippen LogP contribution in [0.1, 0.15) is 53.8 Å². The fourth-order valence-corrected chi connectivity index (χ4v) is 5.17. The molecular weight excluding hydrogens is 520 g/mol. The van der Waals surface area contributed by atoms with E-state index in [1.165, 1.54) is 18.5 Å². The fraction of sp³-hybridized carbons (Fsp3) is 0.429. The van der Waals surface area contributed by atoms with Crippen LogP contribution in [-0.2, 0) is 16.1 Å². The van der Waals surface area contributed by atoms with Crippen molar-refractivity contribution < 1.29 is 23.1 Å². The SMILES string of the molecule is C=CC(=O)N1CC(n2nc(C#Cc3c(F)cc4c(ncn4CC)c3F)c(C(N)=O)c2NCC2CC2)C[C@@H]1COC. The number of ether oxygens (including phenoxy) is 1. The van der Waals surface area contributed by atoms with Gasteiger partial charge in [0, 0.05) is 32.8 Å². The molecular formula is C28H31F2N7O3. The molecule has 40 heavy (non-hydrogen) atoms. The van der Waals surface area contributed by atoms with Gasteiger partial charge in [0.1, 0.15) is 22.7 Å². The molecule has 3 aromatic rings. The van der Waals surface area contributed by atoms with Crippen LogP contribution in [0.25, 0.3) is 11.0 Å². The van der Waals surface area contributed by atoms with E-state index in [9.17, 15) is 14.0 Å². The van der Waals surface area contributed by atoms with E-state index >= 15 is 4.39 Å². The molecule has 3 N–H and O–H groups in total. The summed E-state index contributed by atoms with van der Waals surface area (Å²) in [5, 5.41) is 7.89. The summed E-state index contributed by atoms with van der Waals surface area (Å²) in [6.45, 7) is 7.14. The van der Waals surface area contributed by atoms with E-state index in [1.54, 1.807) is 21.3 Å². The number of hydrogen-bond acceptors (Lipinski definition) is 6. The maximum absolute atomic E-state index is 15.3. The molecule has 2 atom stereocenters. The van der Waals surface area contributed by atoms with Gasteiger partial charge in [-0.3, -0.25) is 9.59 Å². The van der Waals surface area contributed by atoms with Crippen LogP contribution in [0.5, 0.6) is 0 Å². The van der Waals surface area contributed by atoms with Crippen LogP contribution >= 0.6 is 0 Å². The first-order valence-corrected chi connectivity index (χ1v) is 13.2. The molecule has 2 fully saturated rings. The number of rotatable bonds is 9. The average Bonchev–Trinajstić information content (AvgIpc) is 3.35. The van der Waals surface area contributed by atoms with E-state index in [2.05, 4.69) is 33.8 Å². The predicted molar refractivity (Wildman–Crippen MR) is 144 cm³/mol. The van der Waals surface area contributed by atoms with Gasteiger partial charge in [-0.1, -0.05) is 12.5 Å². The average molecular weight is 552 g/mol. The molecule has 3 heterocycles. The van der Waals surface area contributed by atoms with Gasteiger partial charge in [-0.15, -0.1) is 0 Å². The smallest absolute Gasteiger partial charge is 0.255 e. The molecule has 5 rings (SSSR count). The van der Waals surface area contributed by atoms with Crippen molar-refractivity contribution in [3.63, 3.8) is 0 Å². The first-order valence-electron chi connectivity index (χ1n) is 13.2. The predicted octanol–water partition coefficient (Wildman–Crippen LogP) is 2.83. The summed E-state index contributed by atoms with van der Waals surface area (Å²) in [5.41, 5.74) is 5.65. The number of benzene rings is 1. The molecule has 2 amide bonds. The molecule has 2 aromatic heterocycles. The number of amides is 2. The topological polar surface area (TPSA) is 120 Å². The summed E-state index contributed by atoms with van der Waals surface area (Å²) in [6.07, 6.45) is 5.31. The zero-order valence-electron chi connectivity index (χ0n) is 22.4. The van der Waals surface area contributed by atoms with Crippen molar-refractivity contribution in [2.24, 2.45) is 11.7 Å². The Balaban J connectivity index is 1.58. The molecule has 1 unspecified atom stereocenters. The summed E-state index contributed by atoms with van der Waals surface area (Å²) < 4.78 is 38.8. The maximum Gasteiger partial charge on any atom is 0.255 e. The number of carbonyl (C=O) groups is 2. The molecule has 210 valence electrons. The molecule has 0 radical (unpaired) electrons. The van der Waals surface area contributed by atoms with Crippen LogP contribution in [0.15, 0.2) is 25.0 Å². The zero-order valence-corrected chi connectivity index (χ0v) is 22.4. The number of nitrogens with zero attached hydrogens (tertiary/aromatic N) is 5. The molecule has 1 aliphatic heterocycles. The van der Waals surface area contributed by atoms with E-state index in [4.69, 9.17) is 10.5 Å². The number of anilines is 1. The number of aromatic nitrogens is 4. The van der Waals surface area contributed by atoms with Crippen LogP contribution in [0.2, 0.25) is 0 Å². The Morgan fingerprint density at radius 3 is 2.75 bits per heavy atom. The van der Waals surface area contributed by atoms with Crippen molar-refractivity contribution in [2.75, 3.05) is 32.1 Å². The Kier molecular flexibility index (Phi) is 7.58. The second-order valence-corrected chi connectivity index (χ2v) is 10.1. The van der Waals surface area contributed by atoms with Crippen molar-refractivity contribution in [1.82, 2.24) is 24.2 Å². The second kappa shape index (κ2) is 11.1. The van der Waals surface area contributed by atoms with Crippen molar-refractivity contribution in [1.29, 1.82) is 0 Å². The van der Waals surface area contributed by atoms with Gasteiger partial charge in [-0.05, 0) is 44.1 Å². The number of primary amides is 1. The number of carbonyl (C=O) groups excluding carboxylic acids is 2. The lowest BCUT2D eigenvalue weighted by Gasteiger charge is -2.22. The Labute approximate surface area is 230 Å². The van der Waals surface area contributed by atoms with E-state index in [1.807, 2.05) is 6.92 Å². The normalized spacial score (nSPS) is 18.6. The highest BCUT2D eigenvalue weighted by Crippen LogP contribution is 2.35. The Morgan fingerprint density at radius 2 is 2.10 bits per heavy atom. The Bertz CT molecular complexity index is 1550. The molecule has 0 spiro atoms. The lowest BCUT2D eigenvalue weighted by molar-refractivity contribution is -0.127. The summed E-state index contributed by atoms with van der Waals surface area (Å²) >= 11 is 0. The van der Waals surface area contributed by atoms with Crippen molar-refractivity contribution in [3.8, 4) is 11.8 Å². The van der Waals surface area contributed by atoms with Gasteiger partial charge in [-0.25, -0.2) is 18.4 Å². The highest BCUT2D eigenvalue weighted by atomic mass is 19.1. The minimum atomic E-state index is -0.890. The molecule has 10 nitrogen and oxygen atoms in total. The molecule has 0 bridgehead atoms. The molecule has 1 saturated carbocycles. The molecule has 12 heteroatoms. The first kappa shape index (κ1) is 27.3. The quantitative estimate of drug-likeness (QED) is 0.312. The third-order valence-corrected chi connectivity index (χ3v) is 7.42. The van der Waals surface area contributed by atoms with Crippen LogP contribution in [0.3, 0.4) is 0 Å². The third-order valence-electron chi connectivity index (χ3n) is 7.42. The Hall–Kier alpha value is -4.24. The van der Waals surface area contributed by atoms with Gasteiger partial charge in [0.15, 0.2) is 11.5 Å². The molecule has 2 aliphatic rings. The number of nitrogens with two attached hydrogens (primary N) is 1. The molecule has 1 aromatic carbocycles. The number of halogens is 2. The summed E-state index contributed by atoms with van der Waals surface area (Å²) in [5.74, 6) is 3.28. The largest absolute Gasteiger partial charge is 0.383 e. The van der Waals surface area contributed by atoms with E-state index in [0.29, 0.717) is 49.9 Å². The fourth-order valence-electron chi connectivity index (χ4n) is 5.17. The van der Waals surface area contributed by atoms with Gasteiger partial charge in [0.2, 0.25) is 5.91 Å². The lowest BCUT2D eigenvalue weighted by atomic mass is 10.1. The number of likely N-dealkylation sites (tertiary alicyclic amines) is 1. The number of hydrogen-bond donors (Lipinski definition) is 2. The van der Waals surface area contributed by atoms with E-state index in [-0.39, 0.29) is 34.8 Å². The number of aryl methyl sites for hydroxylation is 1. The Morgan fingerprint density at radius 1 is 1.32 bits per heavy atom. The summed E-state index contributed by atoms with van der Waals surface area (Å²) in [4.78, 5) is 30.9. The zero-order chi connectivity index (χ0) is 28.6. The number of fused-ring (bicyclic) bond motifs is 1. The van der Waals surface area contributed by atoms with E-state index < -0.39 is 23.1 Å². The van der Waals surface area contributed by atoms with Crippen LogP contribution in [0.4, 0.5) is 14.6 Å². The van der Waals surface area contributed by atoms with Gasteiger partial charge in [-0.2, -0.15) is 5.10 Å². The first-order chi connectivity index (χ1) is 19.3.